The Bertz CT molecular complexity index is 1160. The zero-order valence-electron chi connectivity index (χ0n) is 19.1. The number of nitrogens with zero attached hydrogens (tertiary/aromatic N) is 2. The lowest BCUT2D eigenvalue weighted by Gasteiger charge is -2.32. The Labute approximate surface area is 198 Å². The van der Waals surface area contributed by atoms with E-state index < -0.39 is 21.9 Å². The first kappa shape index (κ1) is 23.9. The molecule has 8 nitrogen and oxygen atoms in total. The van der Waals surface area contributed by atoms with Gasteiger partial charge in [0.25, 0.3) is 5.91 Å². The minimum atomic E-state index is -3.60. The van der Waals surface area contributed by atoms with Crippen LogP contribution in [0, 0.1) is 0 Å². The second-order valence-corrected chi connectivity index (χ2v) is 11.6. The van der Waals surface area contributed by atoms with Crippen molar-refractivity contribution in [3.8, 4) is 0 Å². The van der Waals surface area contributed by atoms with E-state index in [-0.39, 0.29) is 10.9 Å². The van der Waals surface area contributed by atoms with Crippen molar-refractivity contribution in [2.45, 2.75) is 50.1 Å². The summed E-state index contributed by atoms with van der Waals surface area (Å²) in [5, 5.41) is 3.31. The molecule has 10 heteroatoms. The van der Waals surface area contributed by atoms with E-state index >= 15 is 0 Å². The van der Waals surface area contributed by atoms with Gasteiger partial charge in [0.05, 0.1) is 17.6 Å². The van der Waals surface area contributed by atoms with Gasteiger partial charge in [-0.3, -0.25) is 4.79 Å². The van der Waals surface area contributed by atoms with E-state index in [1.807, 2.05) is 14.0 Å². The third-order valence-corrected chi connectivity index (χ3v) is 9.49. The second kappa shape index (κ2) is 9.54. The molecule has 1 aromatic carbocycles. The van der Waals surface area contributed by atoms with Crippen LogP contribution >= 0.6 is 11.3 Å². The van der Waals surface area contributed by atoms with Crippen LogP contribution in [0.25, 0.3) is 0 Å². The Morgan fingerprint density at radius 1 is 1.15 bits per heavy atom. The summed E-state index contributed by atoms with van der Waals surface area (Å²) in [5.74, 6) is -0.869. The molecule has 1 fully saturated rings. The summed E-state index contributed by atoms with van der Waals surface area (Å²) >= 11 is 1.38. The fourth-order valence-electron chi connectivity index (χ4n) is 4.46. The first-order valence-corrected chi connectivity index (χ1v) is 13.3. The van der Waals surface area contributed by atoms with Crippen LogP contribution in [0.3, 0.4) is 0 Å². The molecule has 0 spiro atoms. The quantitative estimate of drug-likeness (QED) is 0.645. The van der Waals surface area contributed by atoms with Gasteiger partial charge in [0, 0.05) is 36.1 Å². The lowest BCUT2D eigenvalue weighted by Crippen LogP contribution is -2.41. The third kappa shape index (κ3) is 4.70. The Morgan fingerprint density at radius 2 is 1.88 bits per heavy atom. The zero-order chi connectivity index (χ0) is 23.8. The number of nitrogens with one attached hydrogen (secondary N) is 1. The van der Waals surface area contributed by atoms with Crippen molar-refractivity contribution < 1.29 is 22.7 Å². The average molecular weight is 492 g/mol. The summed E-state index contributed by atoms with van der Waals surface area (Å²) in [4.78, 5) is 28.8. The maximum Gasteiger partial charge on any atom is 0.341 e. The molecule has 0 radical (unpaired) electrons. The fraction of sp³-hybridized carbons (Fsp3) is 0.478. The van der Waals surface area contributed by atoms with Crippen LogP contribution in [-0.4, -0.2) is 62.8 Å². The highest BCUT2D eigenvalue weighted by Gasteiger charge is 2.31. The monoisotopic (exact) mass is 491 g/mol. The summed E-state index contributed by atoms with van der Waals surface area (Å²) in [7, 11) is -0.262. The molecule has 2 aliphatic heterocycles. The van der Waals surface area contributed by atoms with E-state index in [0.29, 0.717) is 35.6 Å². The van der Waals surface area contributed by atoms with Gasteiger partial charge in [-0.2, -0.15) is 4.31 Å². The second-order valence-electron chi connectivity index (χ2n) is 8.63. The molecule has 0 unspecified atom stereocenters. The molecule has 3 heterocycles. The molecule has 33 heavy (non-hydrogen) atoms. The number of hydrogen-bond donors (Lipinski definition) is 1. The molecule has 0 saturated carbocycles. The van der Waals surface area contributed by atoms with Gasteiger partial charge < -0.3 is 15.0 Å². The molecule has 1 aromatic heterocycles. The number of anilines is 1. The number of likely N-dealkylation sites (N-methyl/N-ethyl adjacent to an activating group) is 1. The summed E-state index contributed by atoms with van der Waals surface area (Å²) in [6.45, 7) is 3.98. The van der Waals surface area contributed by atoms with E-state index in [9.17, 15) is 18.0 Å². The lowest BCUT2D eigenvalue weighted by atomic mass is 10.0. The van der Waals surface area contributed by atoms with Gasteiger partial charge in [0.1, 0.15) is 5.00 Å². The Morgan fingerprint density at radius 3 is 2.55 bits per heavy atom. The number of rotatable bonds is 5. The van der Waals surface area contributed by atoms with Crippen LogP contribution in [0.1, 0.15) is 57.3 Å². The Balaban J connectivity index is 1.56. The highest BCUT2D eigenvalue weighted by atomic mass is 32.2. The van der Waals surface area contributed by atoms with Crippen LogP contribution in [0.5, 0.6) is 0 Å². The van der Waals surface area contributed by atoms with Crippen molar-refractivity contribution >= 4 is 38.2 Å². The van der Waals surface area contributed by atoms with Crippen LogP contribution in [0.2, 0.25) is 0 Å². The van der Waals surface area contributed by atoms with Gasteiger partial charge in [-0.05, 0) is 63.1 Å². The molecule has 178 valence electrons. The summed E-state index contributed by atoms with van der Waals surface area (Å²) in [6, 6.07) is 5.93. The van der Waals surface area contributed by atoms with Crippen molar-refractivity contribution in [3.63, 3.8) is 0 Å². The summed E-state index contributed by atoms with van der Waals surface area (Å²) < 4.78 is 32.6. The minimum absolute atomic E-state index is 0.0348. The maximum atomic E-state index is 13.0. The van der Waals surface area contributed by atoms with E-state index in [1.54, 1.807) is 4.31 Å². The number of carbonyl (C=O) groups is 2. The minimum Gasteiger partial charge on any atom is -0.465 e. The predicted octanol–water partition coefficient (Wildman–Crippen LogP) is 3.34. The number of carbonyl (C=O) groups excluding carboxylic acids is 2. The molecule has 1 N–H and O–H groups in total. The molecular formula is C23H29N3O5S2. The van der Waals surface area contributed by atoms with Crippen LogP contribution in [-0.2, 0) is 27.7 Å². The predicted molar refractivity (Wildman–Crippen MR) is 127 cm³/mol. The summed E-state index contributed by atoms with van der Waals surface area (Å²) in [6.07, 6.45) is 3.45. The number of hydrogen-bond acceptors (Lipinski definition) is 7. The van der Waals surface area contributed by atoms with Crippen molar-refractivity contribution in [3.05, 3.63) is 45.8 Å². The largest absolute Gasteiger partial charge is 0.465 e. The highest BCUT2D eigenvalue weighted by Crippen LogP contribution is 2.37. The number of esters is 1. The van der Waals surface area contributed by atoms with Gasteiger partial charge in [-0.25, -0.2) is 13.2 Å². The molecule has 0 bridgehead atoms. The number of ether oxygens (including phenoxy) is 1. The number of thiophene rings is 1. The first-order valence-electron chi connectivity index (χ1n) is 11.1. The number of fused-ring (bicyclic) bond motifs is 1. The summed E-state index contributed by atoms with van der Waals surface area (Å²) in [5.41, 5.74) is 1.66. The van der Waals surface area contributed by atoms with Crippen molar-refractivity contribution in [2.75, 3.05) is 32.6 Å². The van der Waals surface area contributed by atoms with Gasteiger partial charge >= 0.3 is 5.97 Å². The molecular weight excluding hydrogens is 462 g/mol. The molecule has 4 rings (SSSR count). The molecule has 2 aliphatic rings. The molecule has 0 aliphatic carbocycles. The SMILES string of the molecule is COC(=O)c1c(NC(=O)c2ccc(S(=O)(=O)N3CCCC[C@H]3C)cc2)sc2c1CCN(C)C2. The van der Waals surface area contributed by atoms with Crippen molar-refractivity contribution in [2.24, 2.45) is 0 Å². The maximum absolute atomic E-state index is 13.0. The highest BCUT2D eigenvalue weighted by molar-refractivity contribution is 7.89. The number of piperidine rings is 1. The number of amides is 1. The van der Waals surface area contributed by atoms with Crippen molar-refractivity contribution in [1.29, 1.82) is 0 Å². The smallest absolute Gasteiger partial charge is 0.341 e. The normalized spacial score (nSPS) is 19.7. The van der Waals surface area contributed by atoms with Crippen LogP contribution in [0.4, 0.5) is 5.00 Å². The lowest BCUT2D eigenvalue weighted by molar-refractivity contribution is 0.0600. The van der Waals surface area contributed by atoms with Crippen LogP contribution in [0.15, 0.2) is 29.2 Å². The molecule has 2 aromatic rings. The Kier molecular flexibility index (Phi) is 6.90. The topological polar surface area (TPSA) is 96.0 Å². The number of methoxy groups -OCH3 is 1. The van der Waals surface area contributed by atoms with Crippen LogP contribution < -0.4 is 5.32 Å². The van der Waals surface area contributed by atoms with Gasteiger partial charge in [0.2, 0.25) is 10.0 Å². The average Bonchev–Trinajstić information content (AvgIpc) is 3.15. The van der Waals surface area contributed by atoms with Gasteiger partial charge in [0.15, 0.2) is 0 Å². The van der Waals surface area contributed by atoms with Crippen molar-refractivity contribution in [1.82, 2.24) is 9.21 Å². The molecule has 1 amide bonds. The fourth-order valence-corrected chi connectivity index (χ4v) is 7.47. The van der Waals surface area contributed by atoms with E-state index in [0.717, 1.165) is 36.2 Å². The van der Waals surface area contributed by atoms with E-state index in [1.165, 1.54) is 42.7 Å². The van der Waals surface area contributed by atoms with E-state index in [4.69, 9.17) is 4.74 Å². The first-order chi connectivity index (χ1) is 15.7. The van der Waals surface area contributed by atoms with Gasteiger partial charge in [-0.1, -0.05) is 6.42 Å². The third-order valence-electron chi connectivity index (χ3n) is 6.33. The molecule has 1 atom stereocenters. The number of benzene rings is 1. The number of sulfonamides is 1. The van der Waals surface area contributed by atoms with E-state index in [2.05, 4.69) is 10.2 Å². The zero-order valence-corrected chi connectivity index (χ0v) is 20.7. The Hall–Kier alpha value is -2.27. The van der Waals surface area contributed by atoms with Gasteiger partial charge in [-0.15, -0.1) is 11.3 Å². The standard InChI is InChI=1S/C23H29N3O5S2/c1-15-6-4-5-12-26(15)33(29,30)17-9-7-16(8-10-17)21(27)24-22-20(23(28)31-3)18-11-13-25(2)14-19(18)32-22/h7-10,15H,4-6,11-14H2,1-3H3,(H,24,27)/t15-/m1/s1. The molecule has 1 saturated heterocycles.